The maximum atomic E-state index is 11.5. The zero-order valence-corrected chi connectivity index (χ0v) is 11.8. The van der Waals surface area contributed by atoms with Crippen molar-refractivity contribution >= 4 is 11.6 Å². The molecule has 4 heteroatoms. The third-order valence-corrected chi connectivity index (χ3v) is 3.20. The number of aryl methyl sites for hydroxylation is 1. The Bertz CT molecular complexity index is 596. The third kappa shape index (κ3) is 3.35. The van der Waals surface area contributed by atoms with Crippen LogP contribution in [0.4, 0.5) is 5.69 Å². The average Bonchev–Trinajstić information content (AvgIpc) is 2.52. The van der Waals surface area contributed by atoms with Crippen LogP contribution in [0.1, 0.15) is 28.5 Å². The van der Waals surface area contributed by atoms with E-state index in [9.17, 15) is 4.79 Å². The molecule has 2 N–H and O–H groups in total. The van der Waals surface area contributed by atoms with Gasteiger partial charge in [0.15, 0.2) is 0 Å². The van der Waals surface area contributed by atoms with Gasteiger partial charge in [0, 0.05) is 25.5 Å². The summed E-state index contributed by atoms with van der Waals surface area (Å²) in [4.78, 5) is 15.6. The molecule has 1 heterocycles. The second kappa shape index (κ2) is 6.70. The number of hydrogen-bond acceptors (Lipinski definition) is 3. The maximum Gasteiger partial charge on any atom is 0.269 e. The van der Waals surface area contributed by atoms with Gasteiger partial charge in [0.1, 0.15) is 5.69 Å². The first-order valence-electron chi connectivity index (χ1n) is 6.73. The summed E-state index contributed by atoms with van der Waals surface area (Å²) in [7, 11) is 1.60. The molecule has 0 saturated heterocycles. The standard InChI is InChI=1S/C16H19N3O/c1-3-12-6-4-5-7-13(12)11-19-14-8-9-18-15(10-14)16(20)17-2/h4-10H,3,11H2,1-2H3,(H,17,20)(H,18,19). The van der Waals surface area contributed by atoms with Crippen molar-refractivity contribution in [1.82, 2.24) is 10.3 Å². The van der Waals surface area contributed by atoms with Gasteiger partial charge < -0.3 is 10.6 Å². The van der Waals surface area contributed by atoms with Crippen LogP contribution < -0.4 is 10.6 Å². The Kier molecular flexibility index (Phi) is 4.71. The second-order valence-electron chi connectivity index (χ2n) is 4.48. The largest absolute Gasteiger partial charge is 0.381 e. The fraction of sp³-hybridized carbons (Fsp3) is 0.250. The summed E-state index contributed by atoms with van der Waals surface area (Å²) >= 11 is 0. The van der Waals surface area contributed by atoms with Crippen molar-refractivity contribution in [2.24, 2.45) is 0 Å². The van der Waals surface area contributed by atoms with Gasteiger partial charge in [-0.2, -0.15) is 0 Å². The van der Waals surface area contributed by atoms with E-state index in [-0.39, 0.29) is 5.91 Å². The number of rotatable bonds is 5. The predicted octanol–water partition coefficient (Wildman–Crippen LogP) is 2.62. The molecular formula is C16H19N3O. The van der Waals surface area contributed by atoms with E-state index in [1.807, 2.05) is 12.1 Å². The van der Waals surface area contributed by atoms with Crippen molar-refractivity contribution in [3.63, 3.8) is 0 Å². The van der Waals surface area contributed by atoms with E-state index < -0.39 is 0 Å². The minimum absolute atomic E-state index is 0.178. The molecule has 0 saturated carbocycles. The Morgan fingerprint density at radius 2 is 1.95 bits per heavy atom. The molecule has 1 aromatic carbocycles. The van der Waals surface area contributed by atoms with Crippen LogP contribution in [0, 0.1) is 0 Å². The Morgan fingerprint density at radius 1 is 1.20 bits per heavy atom. The first-order valence-corrected chi connectivity index (χ1v) is 6.73. The number of carbonyl (C=O) groups is 1. The molecule has 20 heavy (non-hydrogen) atoms. The summed E-state index contributed by atoms with van der Waals surface area (Å²) < 4.78 is 0. The normalized spacial score (nSPS) is 10.1. The lowest BCUT2D eigenvalue weighted by Gasteiger charge is -2.10. The van der Waals surface area contributed by atoms with Crippen LogP contribution in [0.5, 0.6) is 0 Å². The van der Waals surface area contributed by atoms with Crippen molar-refractivity contribution in [3.8, 4) is 0 Å². The zero-order valence-electron chi connectivity index (χ0n) is 11.8. The maximum absolute atomic E-state index is 11.5. The number of nitrogens with zero attached hydrogens (tertiary/aromatic N) is 1. The van der Waals surface area contributed by atoms with Crippen LogP contribution in [-0.2, 0) is 13.0 Å². The van der Waals surface area contributed by atoms with Gasteiger partial charge >= 0.3 is 0 Å². The summed E-state index contributed by atoms with van der Waals surface area (Å²) in [5.41, 5.74) is 3.92. The van der Waals surface area contributed by atoms with Crippen LogP contribution in [-0.4, -0.2) is 17.9 Å². The number of anilines is 1. The van der Waals surface area contributed by atoms with Crippen molar-refractivity contribution in [1.29, 1.82) is 0 Å². The summed E-state index contributed by atoms with van der Waals surface area (Å²) in [5, 5.41) is 5.91. The lowest BCUT2D eigenvalue weighted by molar-refractivity contribution is 0.0958. The molecular weight excluding hydrogens is 250 g/mol. The minimum atomic E-state index is -0.178. The molecule has 0 unspecified atom stereocenters. The van der Waals surface area contributed by atoms with Crippen molar-refractivity contribution in [2.75, 3.05) is 12.4 Å². The van der Waals surface area contributed by atoms with Gasteiger partial charge in [0.25, 0.3) is 5.91 Å². The van der Waals surface area contributed by atoms with E-state index in [0.717, 1.165) is 18.7 Å². The third-order valence-electron chi connectivity index (χ3n) is 3.20. The van der Waals surface area contributed by atoms with Crippen LogP contribution in [0.25, 0.3) is 0 Å². The fourth-order valence-corrected chi connectivity index (χ4v) is 2.06. The van der Waals surface area contributed by atoms with Crippen LogP contribution in [0.2, 0.25) is 0 Å². The van der Waals surface area contributed by atoms with Gasteiger partial charge in [-0.25, -0.2) is 0 Å². The number of benzene rings is 1. The Balaban J connectivity index is 2.09. The quantitative estimate of drug-likeness (QED) is 0.877. The van der Waals surface area contributed by atoms with E-state index in [2.05, 4.69) is 40.7 Å². The van der Waals surface area contributed by atoms with E-state index in [0.29, 0.717) is 5.69 Å². The van der Waals surface area contributed by atoms with Crippen molar-refractivity contribution in [3.05, 3.63) is 59.4 Å². The van der Waals surface area contributed by atoms with Crippen LogP contribution in [0.15, 0.2) is 42.6 Å². The summed E-state index contributed by atoms with van der Waals surface area (Å²) in [6, 6.07) is 12.0. The molecule has 104 valence electrons. The summed E-state index contributed by atoms with van der Waals surface area (Å²) in [6.07, 6.45) is 2.65. The van der Waals surface area contributed by atoms with Gasteiger partial charge in [0.2, 0.25) is 0 Å². The minimum Gasteiger partial charge on any atom is -0.381 e. The molecule has 1 amide bonds. The summed E-state index contributed by atoms with van der Waals surface area (Å²) in [6.45, 7) is 2.89. The van der Waals surface area contributed by atoms with Crippen molar-refractivity contribution in [2.45, 2.75) is 19.9 Å². The number of carbonyl (C=O) groups excluding carboxylic acids is 1. The Hall–Kier alpha value is -2.36. The number of hydrogen-bond donors (Lipinski definition) is 2. The SMILES string of the molecule is CCc1ccccc1CNc1ccnc(C(=O)NC)c1. The van der Waals surface area contributed by atoms with Crippen LogP contribution in [0.3, 0.4) is 0 Å². The molecule has 0 aliphatic carbocycles. The molecule has 1 aromatic heterocycles. The number of nitrogens with one attached hydrogen (secondary N) is 2. The predicted molar refractivity (Wildman–Crippen MR) is 80.8 cm³/mol. The Labute approximate surface area is 119 Å². The van der Waals surface area contributed by atoms with E-state index in [1.165, 1.54) is 11.1 Å². The highest BCUT2D eigenvalue weighted by atomic mass is 16.1. The second-order valence-corrected chi connectivity index (χ2v) is 4.48. The molecule has 0 radical (unpaired) electrons. The molecule has 4 nitrogen and oxygen atoms in total. The number of amides is 1. The van der Waals surface area contributed by atoms with E-state index >= 15 is 0 Å². The van der Waals surface area contributed by atoms with Gasteiger partial charge in [-0.1, -0.05) is 31.2 Å². The molecule has 0 spiro atoms. The lowest BCUT2D eigenvalue weighted by Crippen LogP contribution is -2.19. The highest BCUT2D eigenvalue weighted by molar-refractivity contribution is 5.92. The number of aromatic nitrogens is 1. The molecule has 2 aromatic rings. The van der Waals surface area contributed by atoms with Gasteiger partial charge in [-0.15, -0.1) is 0 Å². The molecule has 2 rings (SSSR count). The van der Waals surface area contributed by atoms with E-state index in [4.69, 9.17) is 0 Å². The molecule has 0 bridgehead atoms. The fourth-order valence-electron chi connectivity index (χ4n) is 2.06. The monoisotopic (exact) mass is 269 g/mol. The highest BCUT2D eigenvalue weighted by Crippen LogP contribution is 2.13. The van der Waals surface area contributed by atoms with E-state index in [1.54, 1.807) is 19.3 Å². The molecule has 0 fully saturated rings. The van der Waals surface area contributed by atoms with Gasteiger partial charge in [0.05, 0.1) is 0 Å². The first-order chi connectivity index (χ1) is 9.74. The van der Waals surface area contributed by atoms with Gasteiger partial charge in [-0.3, -0.25) is 9.78 Å². The molecule has 0 aliphatic rings. The summed E-state index contributed by atoms with van der Waals surface area (Å²) in [5.74, 6) is -0.178. The lowest BCUT2D eigenvalue weighted by atomic mass is 10.1. The first kappa shape index (κ1) is 14.1. The van der Waals surface area contributed by atoms with Gasteiger partial charge in [-0.05, 0) is 29.7 Å². The topological polar surface area (TPSA) is 54.0 Å². The molecule has 0 aliphatic heterocycles. The zero-order chi connectivity index (χ0) is 14.4. The highest BCUT2D eigenvalue weighted by Gasteiger charge is 2.05. The smallest absolute Gasteiger partial charge is 0.269 e. The van der Waals surface area contributed by atoms with Crippen molar-refractivity contribution < 1.29 is 4.79 Å². The van der Waals surface area contributed by atoms with Crippen LogP contribution >= 0.6 is 0 Å². The number of pyridine rings is 1. The average molecular weight is 269 g/mol. The Morgan fingerprint density at radius 3 is 2.65 bits per heavy atom. The molecule has 0 atom stereocenters.